The van der Waals surface area contributed by atoms with E-state index in [4.69, 9.17) is 0 Å². The van der Waals surface area contributed by atoms with Crippen molar-refractivity contribution in [3.8, 4) is 0 Å². The number of allylic oxidation sites excluding steroid dienone is 1. The molecule has 1 aliphatic rings. The van der Waals surface area contributed by atoms with Crippen molar-refractivity contribution in [2.45, 2.75) is 47.1 Å². The van der Waals surface area contributed by atoms with Gasteiger partial charge < -0.3 is 4.90 Å². The minimum Gasteiger partial charge on any atom is -0.363 e. The normalized spacial score (nSPS) is 15.4. The zero-order valence-electron chi connectivity index (χ0n) is 17.6. The second-order valence-corrected chi connectivity index (χ2v) is 8.02. The molecule has 0 atom stereocenters. The molecule has 4 nitrogen and oxygen atoms in total. The first kappa shape index (κ1) is 19.9. The van der Waals surface area contributed by atoms with Crippen LogP contribution in [0.4, 0.5) is 5.69 Å². The van der Waals surface area contributed by atoms with Gasteiger partial charge in [0.25, 0.3) is 5.91 Å². The summed E-state index contributed by atoms with van der Waals surface area (Å²) in [6.45, 7) is 13.9. The Morgan fingerprint density at radius 1 is 1.14 bits per heavy atom. The molecule has 0 saturated carbocycles. The zero-order chi connectivity index (χ0) is 20.5. The van der Waals surface area contributed by atoms with Crippen LogP contribution in [-0.2, 0) is 0 Å². The van der Waals surface area contributed by atoms with Gasteiger partial charge in [0.15, 0.2) is 0 Å². The molecule has 0 aliphatic carbocycles. The van der Waals surface area contributed by atoms with Crippen LogP contribution in [0.15, 0.2) is 47.6 Å². The molecular formula is C24H29N3O. The minimum atomic E-state index is -0.207. The Hall–Kier alpha value is -2.88. The van der Waals surface area contributed by atoms with E-state index in [-0.39, 0.29) is 11.4 Å². The lowest BCUT2D eigenvalue weighted by Gasteiger charge is -2.43. The number of amides is 1. The van der Waals surface area contributed by atoms with Crippen molar-refractivity contribution >= 4 is 23.4 Å². The average molecular weight is 376 g/mol. The Labute approximate surface area is 168 Å². The fraction of sp³-hybridized carbons (Fsp3) is 0.333. The van der Waals surface area contributed by atoms with Crippen molar-refractivity contribution in [2.75, 3.05) is 11.4 Å². The fourth-order valence-electron chi connectivity index (χ4n) is 3.89. The number of rotatable bonds is 4. The van der Waals surface area contributed by atoms with E-state index in [0.29, 0.717) is 5.56 Å². The number of carbonyl (C=O) groups is 1. The highest BCUT2D eigenvalue weighted by Crippen LogP contribution is 2.39. The second-order valence-electron chi connectivity index (χ2n) is 8.02. The quantitative estimate of drug-likeness (QED) is 0.598. The number of fused-ring (bicyclic) bond motifs is 1. The minimum absolute atomic E-state index is 0.00408. The molecule has 0 fully saturated rings. The van der Waals surface area contributed by atoms with Crippen molar-refractivity contribution in [2.24, 2.45) is 5.10 Å². The summed E-state index contributed by atoms with van der Waals surface area (Å²) in [6.07, 6.45) is 4.04. The molecule has 2 aromatic rings. The molecule has 4 heteroatoms. The van der Waals surface area contributed by atoms with Gasteiger partial charge in [0.2, 0.25) is 0 Å². The number of nitrogens with zero attached hydrogens (tertiary/aromatic N) is 2. The summed E-state index contributed by atoms with van der Waals surface area (Å²) in [5, 5.41) is 4.19. The average Bonchev–Trinajstić information content (AvgIpc) is 2.62. The number of benzene rings is 2. The molecule has 0 saturated heterocycles. The fourth-order valence-corrected chi connectivity index (χ4v) is 3.89. The Kier molecular flexibility index (Phi) is 5.41. The first-order valence-corrected chi connectivity index (χ1v) is 9.75. The maximum atomic E-state index is 12.2. The summed E-state index contributed by atoms with van der Waals surface area (Å²) >= 11 is 0. The lowest BCUT2D eigenvalue weighted by molar-refractivity contribution is 0.0955. The number of anilines is 1. The number of hydrazone groups is 1. The van der Waals surface area contributed by atoms with Crippen molar-refractivity contribution in [3.63, 3.8) is 0 Å². The second kappa shape index (κ2) is 7.63. The predicted octanol–water partition coefficient (Wildman–Crippen LogP) is 5.09. The van der Waals surface area contributed by atoms with E-state index < -0.39 is 0 Å². The van der Waals surface area contributed by atoms with E-state index in [0.717, 1.165) is 23.2 Å². The SMILES string of the molecule is CCN1c2cc(C)c(/C=N\NC(=O)c3ccc(C)cc3)cc2C(C)=CC1(C)C. The summed E-state index contributed by atoms with van der Waals surface area (Å²) in [5.74, 6) is -0.207. The van der Waals surface area contributed by atoms with Crippen molar-refractivity contribution in [1.29, 1.82) is 0 Å². The van der Waals surface area contributed by atoms with Crippen molar-refractivity contribution in [3.05, 3.63) is 70.3 Å². The molecule has 0 aromatic heterocycles. The molecule has 3 rings (SSSR count). The van der Waals surface area contributed by atoms with Gasteiger partial charge in [-0.05, 0) is 82.5 Å². The van der Waals surface area contributed by atoms with Crippen LogP contribution in [0.5, 0.6) is 0 Å². The first-order chi connectivity index (χ1) is 13.2. The molecule has 146 valence electrons. The summed E-state index contributed by atoms with van der Waals surface area (Å²) in [6, 6.07) is 11.8. The van der Waals surface area contributed by atoms with Crippen LogP contribution in [0.3, 0.4) is 0 Å². The van der Waals surface area contributed by atoms with Crippen LogP contribution >= 0.6 is 0 Å². The molecule has 1 amide bonds. The van der Waals surface area contributed by atoms with E-state index >= 15 is 0 Å². The molecule has 1 heterocycles. The maximum Gasteiger partial charge on any atom is 0.271 e. The molecule has 2 aromatic carbocycles. The Morgan fingerprint density at radius 2 is 1.82 bits per heavy atom. The molecule has 0 spiro atoms. The van der Waals surface area contributed by atoms with Gasteiger partial charge in [0.1, 0.15) is 0 Å². The zero-order valence-corrected chi connectivity index (χ0v) is 17.6. The number of carbonyl (C=O) groups excluding carboxylic acids is 1. The number of likely N-dealkylation sites (N-methyl/N-ethyl adjacent to an activating group) is 1. The lowest BCUT2D eigenvalue weighted by Crippen LogP contribution is -2.45. The number of nitrogens with one attached hydrogen (secondary N) is 1. The summed E-state index contributed by atoms with van der Waals surface area (Å²) < 4.78 is 0. The van der Waals surface area contributed by atoms with Crippen molar-refractivity contribution < 1.29 is 4.79 Å². The van der Waals surface area contributed by atoms with Crippen LogP contribution in [0.1, 0.15) is 60.3 Å². The third kappa shape index (κ3) is 3.86. The Balaban J connectivity index is 1.84. The van der Waals surface area contributed by atoms with Gasteiger partial charge in [0.05, 0.1) is 11.8 Å². The van der Waals surface area contributed by atoms with Gasteiger partial charge in [-0.15, -0.1) is 0 Å². The van der Waals surface area contributed by atoms with E-state index in [1.807, 2.05) is 19.1 Å². The van der Waals surface area contributed by atoms with Crippen LogP contribution in [-0.4, -0.2) is 24.2 Å². The topological polar surface area (TPSA) is 44.7 Å². The highest BCUT2D eigenvalue weighted by Gasteiger charge is 2.30. The molecular weight excluding hydrogens is 346 g/mol. The van der Waals surface area contributed by atoms with E-state index in [1.165, 1.54) is 16.8 Å². The molecule has 1 N–H and O–H groups in total. The van der Waals surface area contributed by atoms with Crippen LogP contribution in [0.2, 0.25) is 0 Å². The third-order valence-corrected chi connectivity index (χ3v) is 5.37. The molecule has 0 unspecified atom stereocenters. The molecule has 1 aliphatic heterocycles. The van der Waals surface area contributed by atoms with E-state index in [9.17, 15) is 4.79 Å². The monoisotopic (exact) mass is 375 g/mol. The summed E-state index contributed by atoms with van der Waals surface area (Å²) in [5.41, 5.74) is 10.2. The van der Waals surface area contributed by atoms with Gasteiger partial charge in [-0.3, -0.25) is 4.79 Å². The van der Waals surface area contributed by atoms with Gasteiger partial charge in [-0.1, -0.05) is 23.8 Å². The standard InChI is InChI=1S/C24H29N3O/c1-7-27-22-12-17(3)20(13-21(22)18(4)14-24(27,5)6)15-25-26-23(28)19-10-8-16(2)9-11-19/h8-15H,7H2,1-6H3,(H,26,28)/b25-15-. The number of aryl methyl sites for hydroxylation is 2. The Bertz CT molecular complexity index is 953. The smallest absolute Gasteiger partial charge is 0.271 e. The summed E-state index contributed by atoms with van der Waals surface area (Å²) in [4.78, 5) is 14.6. The van der Waals surface area contributed by atoms with Crippen LogP contribution in [0.25, 0.3) is 5.57 Å². The Morgan fingerprint density at radius 3 is 2.46 bits per heavy atom. The molecule has 28 heavy (non-hydrogen) atoms. The maximum absolute atomic E-state index is 12.2. The van der Waals surface area contributed by atoms with Gasteiger partial charge in [-0.25, -0.2) is 5.43 Å². The third-order valence-electron chi connectivity index (χ3n) is 5.37. The van der Waals surface area contributed by atoms with Crippen LogP contribution in [0, 0.1) is 13.8 Å². The van der Waals surface area contributed by atoms with Gasteiger partial charge in [0, 0.05) is 23.4 Å². The molecule has 0 bridgehead atoms. The first-order valence-electron chi connectivity index (χ1n) is 9.75. The number of hydrogen-bond donors (Lipinski definition) is 1. The predicted molar refractivity (Wildman–Crippen MR) is 118 cm³/mol. The van der Waals surface area contributed by atoms with Crippen LogP contribution < -0.4 is 10.3 Å². The van der Waals surface area contributed by atoms with Crippen molar-refractivity contribution in [1.82, 2.24) is 5.43 Å². The van der Waals surface area contributed by atoms with Gasteiger partial charge in [-0.2, -0.15) is 5.10 Å². The van der Waals surface area contributed by atoms with Gasteiger partial charge >= 0.3 is 0 Å². The molecule has 0 radical (unpaired) electrons. The highest BCUT2D eigenvalue weighted by molar-refractivity contribution is 5.95. The summed E-state index contributed by atoms with van der Waals surface area (Å²) in [7, 11) is 0. The van der Waals surface area contributed by atoms with E-state index in [1.54, 1.807) is 18.3 Å². The van der Waals surface area contributed by atoms with E-state index in [2.05, 4.69) is 68.3 Å². The highest BCUT2D eigenvalue weighted by atomic mass is 16.2. The lowest BCUT2D eigenvalue weighted by atomic mass is 9.87. The number of hydrogen-bond acceptors (Lipinski definition) is 3. The largest absolute Gasteiger partial charge is 0.363 e.